The largest absolute Gasteiger partial charge is 0.489 e. The van der Waals surface area contributed by atoms with Crippen LogP contribution < -0.4 is 15.4 Å². The summed E-state index contributed by atoms with van der Waals surface area (Å²) in [6.07, 6.45) is 4.11. The molecule has 0 amide bonds. The van der Waals surface area contributed by atoms with Gasteiger partial charge in [-0.2, -0.15) is 0 Å². The van der Waals surface area contributed by atoms with Gasteiger partial charge in [-0.15, -0.1) is 0 Å². The molecule has 0 saturated carbocycles. The lowest BCUT2D eigenvalue weighted by molar-refractivity contribution is 0.0992. The van der Waals surface area contributed by atoms with Crippen LogP contribution in [0, 0.1) is 5.82 Å². The first-order chi connectivity index (χ1) is 13.7. The van der Waals surface area contributed by atoms with Crippen molar-refractivity contribution in [2.75, 3.05) is 7.05 Å². The highest BCUT2D eigenvalue weighted by molar-refractivity contribution is 5.80. The number of hydrogen-bond donors (Lipinski definition) is 2. The fourth-order valence-electron chi connectivity index (χ4n) is 3.84. The summed E-state index contributed by atoms with van der Waals surface area (Å²) in [5, 5.41) is 6.84. The standard InChI is InChI=1S/C22H26FN3O2/c1-24-22(26-20-12-19-9-10-21(20)28-19)25-13-15-5-7-18(8-6-15)27-14-16-3-2-4-17(23)11-16/h2-8,11,19-21H,9-10,12-14H2,1H3,(H2,24,25,26). The van der Waals surface area contributed by atoms with Crippen LogP contribution in [0.3, 0.4) is 0 Å². The molecule has 2 N–H and O–H groups in total. The van der Waals surface area contributed by atoms with Crippen molar-refractivity contribution in [3.05, 3.63) is 65.5 Å². The van der Waals surface area contributed by atoms with Gasteiger partial charge in [0.1, 0.15) is 18.2 Å². The van der Waals surface area contributed by atoms with E-state index in [4.69, 9.17) is 9.47 Å². The first kappa shape index (κ1) is 18.7. The van der Waals surface area contributed by atoms with Crippen molar-refractivity contribution in [1.82, 2.24) is 10.6 Å². The molecule has 2 aromatic carbocycles. The van der Waals surface area contributed by atoms with Gasteiger partial charge in [-0.1, -0.05) is 24.3 Å². The number of guanidine groups is 1. The van der Waals surface area contributed by atoms with E-state index in [0.29, 0.717) is 31.4 Å². The van der Waals surface area contributed by atoms with Gasteiger partial charge in [0.15, 0.2) is 5.96 Å². The normalized spacial score (nSPS) is 23.6. The van der Waals surface area contributed by atoms with Crippen LogP contribution in [0.4, 0.5) is 4.39 Å². The Morgan fingerprint density at radius 3 is 2.71 bits per heavy atom. The molecule has 2 saturated heterocycles. The number of fused-ring (bicyclic) bond motifs is 2. The van der Waals surface area contributed by atoms with Crippen molar-refractivity contribution in [2.24, 2.45) is 4.99 Å². The minimum Gasteiger partial charge on any atom is -0.489 e. The van der Waals surface area contributed by atoms with Gasteiger partial charge in [-0.25, -0.2) is 4.39 Å². The Labute approximate surface area is 165 Å². The average molecular weight is 383 g/mol. The van der Waals surface area contributed by atoms with E-state index in [9.17, 15) is 4.39 Å². The van der Waals surface area contributed by atoms with Crippen LogP contribution in [-0.4, -0.2) is 31.3 Å². The Balaban J connectivity index is 1.24. The van der Waals surface area contributed by atoms with Crippen LogP contribution in [0.5, 0.6) is 5.75 Å². The molecule has 5 nitrogen and oxygen atoms in total. The Morgan fingerprint density at radius 1 is 1.18 bits per heavy atom. The van der Waals surface area contributed by atoms with Gasteiger partial charge in [0.05, 0.1) is 18.2 Å². The second-order valence-corrected chi connectivity index (χ2v) is 7.35. The first-order valence-electron chi connectivity index (χ1n) is 9.78. The number of nitrogens with zero attached hydrogens (tertiary/aromatic N) is 1. The predicted molar refractivity (Wildman–Crippen MR) is 107 cm³/mol. The van der Waals surface area contributed by atoms with Gasteiger partial charge in [-0.05, 0) is 54.7 Å². The molecule has 2 aromatic rings. The Kier molecular flexibility index (Phi) is 5.76. The summed E-state index contributed by atoms with van der Waals surface area (Å²) in [7, 11) is 1.78. The topological polar surface area (TPSA) is 54.9 Å². The lowest BCUT2D eigenvalue weighted by Gasteiger charge is -2.22. The summed E-state index contributed by atoms with van der Waals surface area (Å²) in [4.78, 5) is 4.32. The second kappa shape index (κ2) is 8.61. The van der Waals surface area contributed by atoms with E-state index in [0.717, 1.165) is 35.7 Å². The van der Waals surface area contributed by atoms with Crippen molar-refractivity contribution < 1.29 is 13.9 Å². The monoisotopic (exact) mass is 383 g/mol. The molecule has 3 atom stereocenters. The molecule has 4 rings (SSSR count). The van der Waals surface area contributed by atoms with Crippen LogP contribution in [0.15, 0.2) is 53.5 Å². The molecule has 2 fully saturated rings. The maximum absolute atomic E-state index is 13.2. The van der Waals surface area contributed by atoms with Crippen LogP contribution in [0.1, 0.15) is 30.4 Å². The predicted octanol–water partition coefficient (Wildman–Crippen LogP) is 3.39. The highest BCUT2D eigenvalue weighted by atomic mass is 19.1. The fourth-order valence-corrected chi connectivity index (χ4v) is 3.84. The summed E-state index contributed by atoms with van der Waals surface area (Å²) in [5.41, 5.74) is 1.94. The van der Waals surface area contributed by atoms with E-state index in [1.54, 1.807) is 13.1 Å². The Bertz CT molecular complexity index is 825. The lowest BCUT2D eigenvalue weighted by atomic mass is 9.96. The van der Waals surface area contributed by atoms with E-state index in [2.05, 4.69) is 15.6 Å². The molecule has 148 valence electrons. The van der Waals surface area contributed by atoms with Crippen LogP contribution in [0.25, 0.3) is 0 Å². The first-order valence-corrected chi connectivity index (χ1v) is 9.78. The van der Waals surface area contributed by atoms with Gasteiger partial charge in [0, 0.05) is 13.6 Å². The number of nitrogens with one attached hydrogen (secondary N) is 2. The molecule has 2 bridgehead atoms. The van der Waals surface area contributed by atoms with E-state index in [1.807, 2.05) is 30.3 Å². The van der Waals surface area contributed by atoms with E-state index in [1.165, 1.54) is 18.6 Å². The number of ether oxygens (including phenoxy) is 2. The fraction of sp³-hybridized carbons (Fsp3) is 0.409. The summed E-state index contributed by atoms with van der Waals surface area (Å²) in [6.45, 7) is 1.02. The molecule has 6 heteroatoms. The van der Waals surface area contributed by atoms with Crippen molar-refractivity contribution >= 4 is 5.96 Å². The molecule has 3 unspecified atom stereocenters. The molecule has 2 aliphatic heterocycles. The van der Waals surface area contributed by atoms with Gasteiger partial charge < -0.3 is 20.1 Å². The van der Waals surface area contributed by atoms with Crippen molar-refractivity contribution in [3.8, 4) is 5.75 Å². The summed E-state index contributed by atoms with van der Waals surface area (Å²) >= 11 is 0. The number of aliphatic imine (C=N–C) groups is 1. The van der Waals surface area contributed by atoms with Crippen LogP contribution in [0.2, 0.25) is 0 Å². The maximum Gasteiger partial charge on any atom is 0.191 e. The third-order valence-corrected chi connectivity index (χ3v) is 5.33. The minimum atomic E-state index is -0.249. The number of rotatable bonds is 6. The molecule has 0 spiro atoms. The van der Waals surface area contributed by atoms with Crippen LogP contribution in [-0.2, 0) is 17.9 Å². The van der Waals surface area contributed by atoms with Gasteiger partial charge >= 0.3 is 0 Å². The zero-order valence-corrected chi connectivity index (χ0v) is 16.0. The second-order valence-electron chi connectivity index (χ2n) is 7.35. The van der Waals surface area contributed by atoms with Gasteiger partial charge in [0.2, 0.25) is 0 Å². The van der Waals surface area contributed by atoms with Gasteiger partial charge in [0.25, 0.3) is 0 Å². The molecule has 28 heavy (non-hydrogen) atoms. The molecule has 2 aliphatic rings. The van der Waals surface area contributed by atoms with Crippen molar-refractivity contribution in [1.29, 1.82) is 0 Å². The zero-order chi connectivity index (χ0) is 19.3. The van der Waals surface area contributed by atoms with E-state index >= 15 is 0 Å². The minimum absolute atomic E-state index is 0.249. The average Bonchev–Trinajstić information content (AvgIpc) is 3.33. The Hall–Kier alpha value is -2.60. The third kappa shape index (κ3) is 4.62. The molecule has 0 aliphatic carbocycles. The molecule has 2 heterocycles. The summed E-state index contributed by atoms with van der Waals surface area (Å²) in [5.74, 6) is 1.31. The SMILES string of the molecule is CN=C(NCc1ccc(OCc2cccc(F)c2)cc1)NC1CC2CCC1O2. The maximum atomic E-state index is 13.2. The quantitative estimate of drug-likeness (QED) is 0.593. The zero-order valence-electron chi connectivity index (χ0n) is 16.0. The van der Waals surface area contributed by atoms with Crippen molar-refractivity contribution in [3.63, 3.8) is 0 Å². The number of benzene rings is 2. The van der Waals surface area contributed by atoms with E-state index < -0.39 is 0 Å². The summed E-state index contributed by atoms with van der Waals surface area (Å²) in [6, 6.07) is 14.7. The molecule has 0 radical (unpaired) electrons. The third-order valence-electron chi connectivity index (χ3n) is 5.33. The number of halogens is 1. The van der Waals surface area contributed by atoms with E-state index in [-0.39, 0.29) is 5.82 Å². The van der Waals surface area contributed by atoms with Crippen LogP contribution >= 0.6 is 0 Å². The number of hydrogen-bond acceptors (Lipinski definition) is 3. The Morgan fingerprint density at radius 2 is 2.04 bits per heavy atom. The molecular formula is C22H26FN3O2. The highest BCUT2D eigenvalue weighted by Crippen LogP contribution is 2.34. The summed E-state index contributed by atoms with van der Waals surface area (Å²) < 4.78 is 24.8. The lowest BCUT2D eigenvalue weighted by Crippen LogP contribution is -2.47. The van der Waals surface area contributed by atoms with Crippen molar-refractivity contribution in [2.45, 2.75) is 50.7 Å². The highest BCUT2D eigenvalue weighted by Gasteiger charge is 2.41. The molecular weight excluding hydrogens is 357 g/mol. The van der Waals surface area contributed by atoms with Gasteiger partial charge in [-0.3, -0.25) is 4.99 Å². The molecule has 0 aromatic heterocycles. The smallest absolute Gasteiger partial charge is 0.191 e.